The molecule has 1 heterocycles. The molecular formula is C15H24N2O3S. The Morgan fingerprint density at radius 2 is 2.05 bits per heavy atom. The Labute approximate surface area is 127 Å². The van der Waals surface area contributed by atoms with E-state index in [0.717, 1.165) is 43.7 Å². The van der Waals surface area contributed by atoms with Crippen LogP contribution in [0.1, 0.15) is 24.8 Å². The molecule has 1 aromatic carbocycles. The molecular weight excluding hydrogens is 288 g/mol. The molecule has 0 spiro atoms. The zero-order chi connectivity index (χ0) is 15.3. The highest BCUT2D eigenvalue weighted by atomic mass is 32.2. The van der Waals surface area contributed by atoms with E-state index in [9.17, 15) is 8.42 Å². The maximum Gasteiger partial charge on any atom is 0.232 e. The fraction of sp³-hybridized carbons (Fsp3) is 0.600. The van der Waals surface area contributed by atoms with Crippen LogP contribution in [0.15, 0.2) is 18.2 Å². The number of rotatable bonds is 6. The smallest absolute Gasteiger partial charge is 0.232 e. The van der Waals surface area contributed by atoms with Crippen molar-refractivity contribution in [1.29, 1.82) is 0 Å². The summed E-state index contributed by atoms with van der Waals surface area (Å²) < 4.78 is 32.2. The second kappa shape index (κ2) is 7.13. The summed E-state index contributed by atoms with van der Waals surface area (Å²) in [5, 5.41) is 3.29. The van der Waals surface area contributed by atoms with Crippen molar-refractivity contribution in [3.8, 4) is 5.75 Å². The van der Waals surface area contributed by atoms with E-state index in [1.54, 1.807) is 19.2 Å². The van der Waals surface area contributed by atoms with Gasteiger partial charge in [-0.2, -0.15) is 0 Å². The molecule has 2 rings (SSSR count). The maximum atomic E-state index is 12.2. The van der Waals surface area contributed by atoms with Gasteiger partial charge in [-0.15, -0.1) is 0 Å². The zero-order valence-electron chi connectivity index (χ0n) is 12.7. The predicted molar refractivity (Wildman–Crippen MR) is 85.4 cm³/mol. The van der Waals surface area contributed by atoms with Gasteiger partial charge in [0.05, 0.1) is 18.6 Å². The minimum absolute atomic E-state index is 0.184. The van der Waals surface area contributed by atoms with Crippen molar-refractivity contribution in [3.05, 3.63) is 23.8 Å². The average Bonchev–Trinajstić information content (AvgIpc) is 2.48. The molecule has 1 aromatic rings. The van der Waals surface area contributed by atoms with Crippen molar-refractivity contribution in [2.75, 3.05) is 30.7 Å². The summed E-state index contributed by atoms with van der Waals surface area (Å²) in [5.74, 6) is 1.42. The third kappa shape index (κ3) is 4.89. The first-order valence-electron chi connectivity index (χ1n) is 7.36. The summed E-state index contributed by atoms with van der Waals surface area (Å²) in [6.07, 6.45) is 2.86. The second-order valence-electron chi connectivity index (χ2n) is 5.58. The Bertz CT molecular complexity index is 566. The number of benzene rings is 1. The van der Waals surface area contributed by atoms with Crippen LogP contribution in [0.5, 0.6) is 5.75 Å². The first kappa shape index (κ1) is 16.1. The van der Waals surface area contributed by atoms with Crippen molar-refractivity contribution < 1.29 is 13.2 Å². The monoisotopic (exact) mass is 312 g/mol. The molecule has 0 atom stereocenters. The van der Waals surface area contributed by atoms with Crippen molar-refractivity contribution >= 4 is 15.7 Å². The largest absolute Gasteiger partial charge is 0.497 e. The van der Waals surface area contributed by atoms with Gasteiger partial charge in [0, 0.05) is 0 Å². The average molecular weight is 312 g/mol. The summed E-state index contributed by atoms with van der Waals surface area (Å²) in [7, 11) is -1.69. The van der Waals surface area contributed by atoms with E-state index < -0.39 is 10.0 Å². The molecule has 118 valence electrons. The standard InChI is InChI=1S/C15H24N2O3S/c1-12-11-14(20-2)3-4-15(12)17-21(18,19)10-7-13-5-8-16-9-6-13/h3-4,11,13,16-17H,5-10H2,1-2H3. The fourth-order valence-electron chi connectivity index (χ4n) is 2.59. The SMILES string of the molecule is COc1ccc(NS(=O)(=O)CCC2CCNCC2)c(C)c1. The Morgan fingerprint density at radius 3 is 2.67 bits per heavy atom. The Morgan fingerprint density at radius 1 is 1.33 bits per heavy atom. The van der Waals surface area contributed by atoms with Gasteiger partial charge in [-0.3, -0.25) is 4.72 Å². The number of nitrogens with one attached hydrogen (secondary N) is 2. The van der Waals surface area contributed by atoms with Crippen LogP contribution in [0.3, 0.4) is 0 Å². The normalized spacial score (nSPS) is 16.7. The minimum atomic E-state index is -3.29. The van der Waals surface area contributed by atoms with Crippen LogP contribution in [-0.4, -0.2) is 34.4 Å². The molecule has 1 fully saturated rings. The third-order valence-electron chi connectivity index (χ3n) is 3.95. The summed E-state index contributed by atoms with van der Waals surface area (Å²) in [4.78, 5) is 0. The molecule has 5 nitrogen and oxygen atoms in total. The fourth-order valence-corrected chi connectivity index (χ4v) is 3.90. The van der Waals surface area contributed by atoms with Gasteiger partial charge in [-0.1, -0.05) is 0 Å². The lowest BCUT2D eigenvalue weighted by Gasteiger charge is -2.22. The van der Waals surface area contributed by atoms with Crippen molar-refractivity contribution in [3.63, 3.8) is 0 Å². The quantitative estimate of drug-likeness (QED) is 0.844. The van der Waals surface area contributed by atoms with Gasteiger partial charge in [-0.05, 0) is 69.0 Å². The molecule has 0 aromatic heterocycles. The van der Waals surface area contributed by atoms with Crippen LogP contribution in [0, 0.1) is 12.8 Å². The molecule has 0 amide bonds. The summed E-state index contributed by atoms with van der Waals surface area (Å²) >= 11 is 0. The molecule has 1 aliphatic rings. The lowest BCUT2D eigenvalue weighted by molar-refractivity contribution is 0.365. The number of ether oxygens (including phenoxy) is 1. The van der Waals surface area contributed by atoms with Gasteiger partial charge in [0.2, 0.25) is 10.0 Å². The van der Waals surface area contributed by atoms with E-state index in [4.69, 9.17) is 4.74 Å². The van der Waals surface area contributed by atoms with E-state index in [1.807, 2.05) is 13.0 Å². The van der Waals surface area contributed by atoms with Crippen LogP contribution in [-0.2, 0) is 10.0 Å². The number of piperidine rings is 1. The predicted octanol–water partition coefficient (Wildman–Crippen LogP) is 2.14. The molecule has 0 unspecified atom stereocenters. The summed E-state index contributed by atoms with van der Waals surface area (Å²) in [6, 6.07) is 5.33. The zero-order valence-corrected chi connectivity index (χ0v) is 13.5. The number of hydrogen-bond acceptors (Lipinski definition) is 4. The molecule has 0 saturated carbocycles. The van der Waals surface area contributed by atoms with Crippen molar-refractivity contribution in [2.24, 2.45) is 5.92 Å². The maximum absolute atomic E-state index is 12.2. The molecule has 2 N–H and O–H groups in total. The van der Waals surface area contributed by atoms with Gasteiger partial charge < -0.3 is 10.1 Å². The van der Waals surface area contributed by atoms with E-state index in [1.165, 1.54) is 0 Å². The van der Waals surface area contributed by atoms with Crippen LogP contribution in [0.2, 0.25) is 0 Å². The first-order valence-corrected chi connectivity index (χ1v) is 9.01. The van der Waals surface area contributed by atoms with Gasteiger partial charge in [-0.25, -0.2) is 8.42 Å². The second-order valence-corrected chi connectivity index (χ2v) is 7.43. The van der Waals surface area contributed by atoms with Crippen LogP contribution >= 0.6 is 0 Å². The lowest BCUT2D eigenvalue weighted by atomic mass is 9.96. The minimum Gasteiger partial charge on any atom is -0.497 e. The van der Waals surface area contributed by atoms with Gasteiger partial charge in [0.1, 0.15) is 5.75 Å². The van der Waals surface area contributed by atoms with Crippen molar-refractivity contribution in [1.82, 2.24) is 5.32 Å². The third-order valence-corrected chi connectivity index (χ3v) is 5.26. The van der Waals surface area contributed by atoms with Gasteiger partial charge >= 0.3 is 0 Å². The van der Waals surface area contributed by atoms with Crippen molar-refractivity contribution in [2.45, 2.75) is 26.2 Å². The van der Waals surface area contributed by atoms with E-state index in [-0.39, 0.29) is 5.75 Å². The molecule has 0 aliphatic carbocycles. The molecule has 6 heteroatoms. The summed E-state index contributed by atoms with van der Waals surface area (Å²) in [5.41, 5.74) is 1.49. The van der Waals surface area contributed by atoms with Gasteiger partial charge in [0.25, 0.3) is 0 Å². The highest BCUT2D eigenvalue weighted by Gasteiger charge is 2.18. The Kier molecular flexibility index (Phi) is 5.47. The van der Waals surface area contributed by atoms with Gasteiger partial charge in [0.15, 0.2) is 0 Å². The highest BCUT2D eigenvalue weighted by molar-refractivity contribution is 7.92. The van der Waals surface area contributed by atoms with Crippen LogP contribution in [0.4, 0.5) is 5.69 Å². The topological polar surface area (TPSA) is 67.4 Å². The molecule has 0 radical (unpaired) electrons. The molecule has 0 bridgehead atoms. The van der Waals surface area contributed by atoms with Crippen LogP contribution < -0.4 is 14.8 Å². The van der Waals surface area contributed by atoms with E-state index >= 15 is 0 Å². The number of aryl methyl sites for hydroxylation is 1. The summed E-state index contributed by atoms with van der Waals surface area (Å²) in [6.45, 7) is 3.86. The number of anilines is 1. The number of methoxy groups -OCH3 is 1. The molecule has 21 heavy (non-hydrogen) atoms. The van der Waals surface area contributed by atoms with E-state index in [2.05, 4.69) is 10.0 Å². The molecule has 1 saturated heterocycles. The Hall–Kier alpha value is -1.27. The Balaban J connectivity index is 1.93. The number of sulfonamides is 1. The number of hydrogen-bond donors (Lipinski definition) is 2. The van der Waals surface area contributed by atoms with E-state index in [0.29, 0.717) is 11.6 Å². The van der Waals surface area contributed by atoms with Crippen LogP contribution in [0.25, 0.3) is 0 Å². The highest BCUT2D eigenvalue weighted by Crippen LogP contribution is 2.23. The molecule has 1 aliphatic heterocycles. The lowest BCUT2D eigenvalue weighted by Crippen LogP contribution is -2.29. The first-order chi connectivity index (χ1) is 10.00.